The molecule has 0 fully saturated rings. The van der Waals surface area contributed by atoms with Crippen LogP contribution < -0.4 is 5.73 Å². The Morgan fingerprint density at radius 3 is 2.79 bits per heavy atom. The maximum absolute atomic E-state index is 6.06. The van der Waals surface area contributed by atoms with Crippen molar-refractivity contribution >= 4 is 0 Å². The van der Waals surface area contributed by atoms with E-state index in [1.165, 1.54) is 5.56 Å². The van der Waals surface area contributed by atoms with Gasteiger partial charge in [0.1, 0.15) is 0 Å². The van der Waals surface area contributed by atoms with E-state index in [0.29, 0.717) is 24.7 Å². The molecule has 0 spiro atoms. The number of aromatic nitrogens is 2. The van der Waals surface area contributed by atoms with Crippen LogP contribution in [0.1, 0.15) is 29.7 Å². The molecule has 0 aliphatic rings. The van der Waals surface area contributed by atoms with Gasteiger partial charge in [0.25, 0.3) is 0 Å². The van der Waals surface area contributed by atoms with Crippen molar-refractivity contribution in [1.29, 1.82) is 0 Å². The molecule has 2 N–H and O–H groups in total. The van der Waals surface area contributed by atoms with Gasteiger partial charge in [0.15, 0.2) is 5.82 Å². The average molecular weight is 261 g/mol. The highest BCUT2D eigenvalue weighted by atomic mass is 16.5. The highest BCUT2D eigenvalue weighted by Crippen LogP contribution is 2.15. The Labute approximate surface area is 112 Å². The zero-order valence-electron chi connectivity index (χ0n) is 11.1. The molecule has 0 saturated heterocycles. The molecule has 0 aliphatic carbocycles. The number of hydrogen-bond acceptors (Lipinski definition) is 5. The van der Waals surface area contributed by atoms with Crippen LogP contribution in [-0.4, -0.2) is 23.9 Å². The minimum Gasteiger partial charge on any atom is -0.384 e. The predicted octanol–water partition coefficient (Wildman–Crippen LogP) is 1.89. The predicted molar refractivity (Wildman–Crippen MR) is 71.6 cm³/mol. The van der Waals surface area contributed by atoms with Gasteiger partial charge in [-0.15, -0.1) is 0 Å². The highest BCUT2D eigenvalue weighted by Gasteiger charge is 2.14. The number of nitrogens with two attached hydrogens (primary N) is 1. The second kappa shape index (κ2) is 7.01. The Bertz CT molecular complexity index is 484. The molecule has 102 valence electrons. The first-order valence-corrected chi connectivity index (χ1v) is 6.40. The van der Waals surface area contributed by atoms with Gasteiger partial charge in [-0.2, -0.15) is 4.98 Å². The van der Waals surface area contributed by atoms with E-state index in [2.05, 4.69) is 22.3 Å². The topological polar surface area (TPSA) is 74.2 Å². The first kappa shape index (κ1) is 13.7. The second-order valence-electron chi connectivity index (χ2n) is 4.42. The van der Waals surface area contributed by atoms with E-state index in [4.69, 9.17) is 15.0 Å². The van der Waals surface area contributed by atoms with Crippen LogP contribution >= 0.6 is 0 Å². The molecule has 2 rings (SSSR count). The van der Waals surface area contributed by atoms with E-state index >= 15 is 0 Å². The molecule has 2 aromatic rings. The minimum absolute atomic E-state index is 0.219. The van der Waals surface area contributed by atoms with E-state index < -0.39 is 0 Å². The number of methoxy groups -OCH3 is 1. The van der Waals surface area contributed by atoms with Gasteiger partial charge in [-0.05, 0) is 18.4 Å². The summed E-state index contributed by atoms with van der Waals surface area (Å²) in [6, 6.07) is 10.0. The smallest absolute Gasteiger partial charge is 0.243 e. The van der Waals surface area contributed by atoms with E-state index in [9.17, 15) is 0 Å². The number of aryl methyl sites for hydroxylation is 1. The zero-order valence-corrected chi connectivity index (χ0v) is 11.1. The lowest BCUT2D eigenvalue weighted by atomic mass is 10.1. The SMILES string of the molecule is COCCc1noc([C@H](N)CCc2ccccc2)n1. The molecule has 0 bridgehead atoms. The molecule has 1 atom stereocenters. The minimum atomic E-state index is -0.219. The molecule has 1 aromatic heterocycles. The fraction of sp³-hybridized carbons (Fsp3) is 0.429. The Kier molecular flexibility index (Phi) is 5.06. The molecule has 1 heterocycles. The van der Waals surface area contributed by atoms with Crippen molar-refractivity contribution in [2.24, 2.45) is 5.73 Å². The van der Waals surface area contributed by atoms with Crippen LogP contribution in [0.2, 0.25) is 0 Å². The third-order valence-electron chi connectivity index (χ3n) is 2.92. The Balaban J connectivity index is 1.85. The quantitative estimate of drug-likeness (QED) is 0.823. The number of nitrogens with zero attached hydrogens (tertiary/aromatic N) is 2. The normalized spacial score (nSPS) is 12.5. The standard InChI is InChI=1S/C14H19N3O2/c1-18-10-9-13-16-14(19-17-13)12(15)8-7-11-5-3-2-4-6-11/h2-6,12H,7-10,15H2,1H3/t12-/m1/s1. The largest absolute Gasteiger partial charge is 0.384 e. The first-order valence-electron chi connectivity index (χ1n) is 6.40. The number of benzene rings is 1. The zero-order chi connectivity index (χ0) is 13.5. The lowest BCUT2D eigenvalue weighted by molar-refractivity contribution is 0.199. The van der Waals surface area contributed by atoms with Crippen LogP contribution in [0.25, 0.3) is 0 Å². The van der Waals surface area contributed by atoms with Crippen LogP contribution in [-0.2, 0) is 17.6 Å². The van der Waals surface area contributed by atoms with Crippen LogP contribution in [0.3, 0.4) is 0 Å². The fourth-order valence-corrected chi connectivity index (χ4v) is 1.80. The van der Waals surface area contributed by atoms with Gasteiger partial charge in [-0.3, -0.25) is 0 Å². The van der Waals surface area contributed by atoms with Gasteiger partial charge >= 0.3 is 0 Å². The van der Waals surface area contributed by atoms with Crippen LogP contribution in [0.15, 0.2) is 34.9 Å². The molecule has 0 radical (unpaired) electrons. The molecule has 0 amide bonds. The van der Waals surface area contributed by atoms with Crippen molar-refractivity contribution in [1.82, 2.24) is 10.1 Å². The van der Waals surface area contributed by atoms with Crippen molar-refractivity contribution in [2.45, 2.75) is 25.3 Å². The average Bonchev–Trinajstić information content (AvgIpc) is 2.92. The van der Waals surface area contributed by atoms with Gasteiger partial charge in [-0.25, -0.2) is 0 Å². The molecule has 0 aliphatic heterocycles. The molecule has 1 aromatic carbocycles. The van der Waals surface area contributed by atoms with Gasteiger partial charge in [0, 0.05) is 13.5 Å². The molecule has 0 saturated carbocycles. The summed E-state index contributed by atoms with van der Waals surface area (Å²) >= 11 is 0. The third kappa shape index (κ3) is 4.15. The summed E-state index contributed by atoms with van der Waals surface area (Å²) in [4.78, 5) is 4.28. The van der Waals surface area contributed by atoms with E-state index in [1.54, 1.807) is 7.11 Å². The summed E-state index contributed by atoms with van der Waals surface area (Å²) in [6.07, 6.45) is 2.33. The first-order chi connectivity index (χ1) is 9.29. The Morgan fingerprint density at radius 1 is 1.26 bits per heavy atom. The summed E-state index contributed by atoms with van der Waals surface area (Å²) in [5.41, 5.74) is 7.32. The highest BCUT2D eigenvalue weighted by molar-refractivity contribution is 5.15. The number of ether oxygens (including phenoxy) is 1. The van der Waals surface area contributed by atoms with E-state index in [-0.39, 0.29) is 6.04 Å². The molecule has 5 nitrogen and oxygen atoms in total. The van der Waals surface area contributed by atoms with E-state index in [1.807, 2.05) is 18.2 Å². The van der Waals surface area contributed by atoms with Gasteiger partial charge in [0.2, 0.25) is 5.89 Å². The molecule has 19 heavy (non-hydrogen) atoms. The number of hydrogen-bond donors (Lipinski definition) is 1. The van der Waals surface area contributed by atoms with Crippen molar-refractivity contribution in [3.8, 4) is 0 Å². The summed E-state index contributed by atoms with van der Waals surface area (Å²) in [5, 5.41) is 3.88. The summed E-state index contributed by atoms with van der Waals surface area (Å²) < 4.78 is 10.1. The summed E-state index contributed by atoms with van der Waals surface area (Å²) in [5.74, 6) is 1.15. The van der Waals surface area contributed by atoms with Gasteiger partial charge in [-0.1, -0.05) is 35.5 Å². The summed E-state index contributed by atoms with van der Waals surface area (Å²) in [6.45, 7) is 0.582. The lowest BCUT2D eigenvalue weighted by Gasteiger charge is -2.06. The molecular formula is C14H19N3O2. The molecular weight excluding hydrogens is 242 g/mol. The number of rotatable bonds is 7. The second-order valence-corrected chi connectivity index (χ2v) is 4.42. The van der Waals surface area contributed by atoms with Crippen molar-refractivity contribution in [2.75, 3.05) is 13.7 Å². The van der Waals surface area contributed by atoms with Crippen LogP contribution in [0.5, 0.6) is 0 Å². The Hall–Kier alpha value is -1.72. The molecule has 5 heteroatoms. The van der Waals surface area contributed by atoms with Crippen LogP contribution in [0, 0.1) is 0 Å². The fourth-order valence-electron chi connectivity index (χ4n) is 1.80. The van der Waals surface area contributed by atoms with Crippen molar-refractivity contribution < 1.29 is 9.26 Å². The maximum Gasteiger partial charge on any atom is 0.243 e. The Morgan fingerprint density at radius 2 is 2.05 bits per heavy atom. The summed E-state index contributed by atoms with van der Waals surface area (Å²) in [7, 11) is 1.65. The van der Waals surface area contributed by atoms with E-state index in [0.717, 1.165) is 12.8 Å². The lowest BCUT2D eigenvalue weighted by Crippen LogP contribution is -2.12. The van der Waals surface area contributed by atoms with Crippen molar-refractivity contribution in [3.63, 3.8) is 0 Å². The monoisotopic (exact) mass is 261 g/mol. The van der Waals surface area contributed by atoms with Crippen LogP contribution in [0.4, 0.5) is 0 Å². The molecule has 0 unspecified atom stereocenters. The third-order valence-corrected chi connectivity index (χ3v) is 2.92. The van der Waals surface area contributed by atoms with Crippen molar-refractivity contribution in [3.05, 3.63) is 47.6 Å². The van der Waals surface area contributed by atoms with Gasteiger partial charge < -0.3 is 15.0 Å². The van der Waals surface area contributed by atoms with Gasteiger partial charge in [0.05, 0.1) is 12.6 Å². The maximum atomic E-state index is 6.06.